The molecular formula is C14H13F3N4O. The Labute approximate surface area is 123 Å². The van der Waals surface area contributed by atoms with E-state index in [-0.39, 0.29) is 18.1 Å². The summed E-state index contributed by atoms with van der Waals surface area (Å²) in [5.74, 6) is 0.162. The SMILES string of the molecule is CC(C)(Cc1nc(-c2cnc3ccccn23)no1)C(F)(F)F. The molecule has 22 heavy (non-hydrogen) atoms. The van der Waals surface area contributed by atoms with Gasteiger partial charge in [-0.25, -0.2) is 4.98 Å². The average molecular weight is 310 g/mol. The molecule has 0 atom stereocenters. The van der Waals surface area contributed by atoms with Crippen molar-refractivity contribution in [2.75, 3.05) is 0 Å². The highest BCUT2D eigenvalue weighted by Gasteiger charge is 2.48. The minimum absolute atomic E-state index is 0.0526. The molecule has 0 saturated heterocycles. The van der Waals surface area contributed by atoms with E-state index in [0.29, 0.717) is 11.3 Å². The number of hydrogen-bond donors (Lipinski definition) is 0. The van der Waals surface area contributed by atoms with E-state index in [2.05, 4.69) is 15.1 Å². The fraction of sp³-hybridized carbons (Fsp3) is 0.357. The van der Waals surface area contributed by atoms with Gasteiger partial charge in [-0.05, 0) is 12.1 Å². The molecule has 0 fully saturated rings. The van der Waals surface area contributed by atoms with E-state index in [9.17, 15) is 13.2 Å². The number of halogens is 3. The molecule has 0 saturated carbocycles. The van der Waals surface area contributed by atoms with Gasteiger partial charge in [0.1, 0.15) is 11.3 Å². The van der Waals surface area contributed by atoms with Crippen LogP contribution in [0.15, 0.2) is 35.1 Å². The highest BCUT2D eigenvalue weighted by Crippen LogP contribution is 2.40. The molecule has 3 heterocycles. The van der Waals surface area contributed by atoms with Crippen LogP contribution in [0.2, 0.25) is 0 Å². The molecule has 0 unspecified atom stereocenters. The molecule has 0 aliphatic heterocycles. The summed E-state index contributed by atoms with van der Waals surface area (Å²) in [6.07, 6.45) is -1.39. The number of imidazole rings is 1. The first kappa shape index (κ1) is 14.6. The summed E-state index contributed by atoms with van der Waals surface area (Å²) in [6.45, 7) is 2.20. The predicted molar refractivity (Wildman–Crippen MR) is 72.0 cm³/mol. The Morgan fingerprint density at radius 2 is 2.00 bits per heavy atom. The molecular weight excluding hydrogens is 297 g/mol. The van der Waals surface area contributed by atoms with Gasteiger partial charge in [0, 0.05) is 12.6 Å². The molecule has 0 aliphatic rings. The number of hydrogen-bond acceptors (Lipinski definition) is 4. The van der Waals surface area contributed by atoms with Gasteiger partial charge in [0.25, 0.3) is 0 Å². The van der Waals surface area contributed by atoms with Crippen LogP contribution >= 0.6 is 0 Å². The van der Waals surface area contributed by atoms with Crippen LogP contribution in [0.25, 0.3) is 17.2 Å². The summed E-state index contributed by atoms with van der Waals surface area (Å²) < 4.78 is 45.4. The molecule has 3 aromatic heterocycles. The van der Waals surface area contributed by atoms with Crippen LogP contribution in [0.1, 0.15) is 19.7 Å². The Bertz CT molecular complexity index is 804. The molecule has 0 spiro atoms. The number of fused-ring (bicyclic) bond motifs is 1. The smallest absolute Gasteiger partial charge is 0.339 e. The van der Waals surface area contributed by atoms with E-state index in [1.165, 1.54) is 0 Å². The van der Waals surface area contributed by atoms with Crippen LogP contribution in [-0.2, 0) is 6.42 Å². The molecule has 0 bridgehead atoms. The fourth-order valence-corrected chi connectivity index (χ4v) is 2.01. The minimum atomic E-state index is -4.34. The lowest BCUT2D eigenvalue weighted by molar-refractivity contribution is -0.212. The van der Waals surface area contributed by atoms with Crippen molar-refractivity contribution in [2.24, 2.45) is 5.41 Å². The molecule has 0 aliphatic carbocycles. The molecule has 3 aromatic rings. The minimum Gasteiger partial charge on any atom is -0.339 e. The lowest BCUT2D eigenvalue weighted by Crippen LogP contribution is -2.34. The van der Waals surface area contributed by atoms with Crippen LogP contribution in [-0.4, -0.2) is 25.7 Å². The van der Waals surface area contributed by atoms with E-state index in [1.54, 1.807) is 22.9 Å². The van der Waals surface area contributed by atoms with Crippen LogP contribution < -0.4 is 0 Å². The zero-order valence-corrected chi connectivity index (χ0v) is 11.9. The zero-order chi connectivity index (χ0) is 16.0. The van der Waals surface area contributed by atoms with Crippen molar-refractivity contribution in [1.82, 2.24) is 19.5 Å². The Morgan fingerprint density at radius 3 is 2.73 bits per heavy atom. The van der Waals surface area contributed by atoms with Gasteiger partial charge >= 0.3 is 6.18 Å². The van der Waals surface area contributed by atoms with Crippen LogP contribution in [0.3, 0.4) is 0 Å². The van der Waals surface area contributed by atoms with Crippen LogP contribution in [0.4, 0.5) is 13.2 Å². The van der Waals surface area contributed by atoms with E-state index < -0.39 is 11.6 Å². The van der Waals surface area contributed by atoms with Crippen LogP contribution in [0, 0.1) is 5.41 Å². The van der Waals surface area contributed by atoms with E-state index in [1.807, 2.05) is 12.1 Å². The summed E-state index contributed by atoms with van der Waals surface area (Å²) in [6, 6.07) is 5.45. The van der Waals surface area contributed by atoms with Crippen molar-refractivity contribution < 1.29 is 17.7 Å². The number of aromatic nitrogens is 4. The molecule has 3 rings (SSSR count). The second kappa shape index (κ2) is 4.82. The molecule has 8 heteroatoms. The second-order valence-corrected chi connectivity index (χ2v) is 5.64. The Balaban J connectivity index is 1.92. The number of rotatable bonds is 3. The first-order chi connectivity index (χ1) is 10.3. The number of alkyl halides is 3. The van der Waals surface area contributed by atoms with Crippen molar-refractivity contribution in [1.29, 1.82) is 0 Å². The van der Waals surface area contributed by atoms with E-state index >= 15 is 0 Å². The topological polar surface area (TPSA) is 56.2 Å². The Morgan fingerprint density at radius 1 is 1.23 bits per heavy atom. The number of pyridine rings is 1. The predicted octanol–water partition coefficient (Wildman–Crippen LogP) is 3.52. The van der Waals surface area contributed by atoms with E-state index in [0.717, 1.165) is 13.8 Å². The Kier molecular flexibility index (Phi) is 3.19. The summed E-state index contributed by atoms with van der Waals surface area (Å²) in [5.41, 5.74) is -0.675. The summed E-state index contributed by atoms with van der Waals surface area (Å²) >= 11 is 0. The average Bonchev–Trinajstić information content (AvgIpc) is 3.03. The van der Waals surface area contributed by atoms with Gasteiger partial charge in [-0.1, -0.05) is 25.1 Å². The van der Waals surface area contributed by atoms with Gasteiger partial charge in [-0.15, -0.1) is 0 Å². The molecule has 116 valence electrons. The highest BCUT2D eigenvalue weighted by atomic mass is 19.4. The first-order valence-electron chi connectivity index (χ1n) is 6.60. The molecule has 5 nitrogen and oxygen atoms in total. The third kappa shape index (κ3) is 2.44. The standard InChI is InChI=1S/C14H13F3N4O/c1-13(2,14(15,16)17)7-11-19-12(20-22-11)9-8-18-10-5-3-4-6-21(9)10/h3-6,8H,7H2,1-2H3. The normalized spacial score (nSPS) is 13.0. The summed E-state index contributed by atoms with van der Waals surface area (Å²) in [4.78, 5) is 8.24. The molecule has 0 radical (unpaired) electrons. The Hall–Kier alpha value is -2.38. The summed E-state index contributed by atoms with van der Waals surface area (Å²) in [5, 5.41) is 3.76. The van der Waals surface area contributed by atoms with Gasteiger partial charge in [0.2, 0.25) is 11.7 Å². The van der Waals surface area contributed by atoms with Crippen molar-refractivity contribution in [3.63, 3.8) is 0 Å². The maximum absolute atomic E-state index is 12.9. The lowest BCUT2D eigenvalue weighted by atomic mass is 9.88. The van der Waals surface area contributed by atoms with Gasteiger partial charge in [-0.3, -0.25) is 4.40 Å². The fourth-order valence-electron chi connectivity index (χ4n) is 2.01. The van der Waals surface area contributed by atoms with Gasteiger partial charge < -0.3 is 4.52 Å². The number of nitrogens with zero attached hydrogens (tertiary/aromatic N) is 4. The molecule has 0 aromatic carbocycles. The lowest BCUT2D eigenvalue weighted by Gasteiger charge is -2.25. The maximum atomic E-state index is 12.9. The first-order valence-corrected chi connectivity index (χ1v) is 6.60. The third-order valence-electron chi connectivity index (χ3n) is 3.47. The largest absolute Gasteiger partial charge is 0.394 e. The monoisotopic (exact) mass is 310 g/mol. The van der Waals surface area contributed by atoms with Crippen LogP contribution in [0.5, 0.6) is 0 Å². The quantitative estimate of drug-likeness (QED) is 0.743. The van der Waals surface area contributed by atoms with Gasteiger partial charge in [-0.2, -0.15) is 18.2 Å². The maximum Gasteiger partial charge on any atom is 0.394 e. The van der Waals surface area contributed by atoms with E-state index in [4.69, 9.17) is 4.52 Å². The van der Waals surface area contributed by atoms with Gasteiger partial charge in [0.15, 0.2) is 0 Å². The highest BCUT2D eigenvalue weighted by molar-refractivity contribution is 5.56. The van der Waals surface area contributed by atoms with Crippen molar-refractivity contribution in [3.8, 4) is 11.5 Å². The third-order valence-corrected chi connectivity index (χ3v) is 3.47. The summed E-state index contributed by atoms with van der Waals surface area (Å²) in [7, 11) is 0. The molecule has 0 N–H and O–H groups in total. The van der Waals surface area contributed by atoms with Crippen molar-refractivity contribution >= 4 is 5.65 Å². The van der Waals surface area contributed by atoms with Gasteiger partial charge in [0.05, 0.1) is 11.6 Å². The zero-order valence-electron chi connectivity index (χ0n) is 11.9. The van der Waals surface area contributed by atoms with Crippen molar-refractivity contribution in [3.05, 3.63) is 36.5 Å². The van der Waals surface area contributed by atoms with Crippen molar-refractivity contribution in [2.45, 2.75) is 26.4 Å². The second-order valence-electron chi connectivity index (χ2n) is 5.64. The molecule has 0 amide bonds.